The standard InChI is InChI=1S/C16H8Cl2N2O2/c17-7-3-1-5-9-11(7)13(15(21)19-9)14-12-8(18)4-2-6-10(12)20-16(14)22/h1-6,19,21H. The zero-order chi connectivity index (χ0) is 15.4. The van der Waals surface area contributed by atoms with Crippen molar-refractivity contribution in [3.8, 4) is 5.88 Å². The number of aromatic nitrogens is 1. The van der Waals surface area contributed by atoms with Gasteiger partial charge >= 0.3 is 0 Å². The summed E-state index contributed by atoms with van der Waals surface area (Å²) in [5.41, 5.74) is 1.24. The van der Waals surface area contributed by atoms with E-state index in [0.29, 0.717) is 37.1 Å². The van der Waals surface area contributed by atoms with Crippen LogP contribution in [0.4, 0.5) is 0 Å². The third-order valence-corrected chi connectivity index (χ3v) is 4.31. The number of H-pyrrole nitrogens is 1. The summed E-state index contributed by atoms with van der Waals surface area (Å²) in [6.07, 6.45) is 0. The predicted octanol–water partition coefficient (Wildman–Crippen LogP) is 2.54. The number of fused-ring (bicyclic) bond motifs is 2. The number of hydrogen-bond acceptors (Lipinski definition) is 2. The fourth-order valence-corrected chi connectivity index (χ4v) is 3.32. The van der Waals surface area contributed by atoms with Crippen LogP contribution < -0.4 is 10.6 Å². The van der Waals surface area contributed by atoms with Gasteiger partial charge in [-0.2, -0.15) is 0 Å². The number of halogens is 2. The Morgan fingerprint density at radius 2 is 1.77 bits per heavy atom. The van der Waals surface area contributed by atoms with Gasteiger partial charge in [0.05, 0.1) is 32.1 Å². The second-order valence-corrected chi connectivity index (χ2v) is 5.75. The molecule has 0 saturated heterocycles. The molecule has 0 bridgehead atoms. The number of nitrogens with zero attached hydrogens (tertiary/aromatic N) is 1. The zero-order valence-corrected chi connectivity index (χ0v) is 12.5. The van der Waals surface area contributed by atoms with Crippen LogP contribution in [0.5, 0.6) is 5.88 Å². The molecule has 3 aromatic rings. The van der Waals surface area contributed by atoms with E-state index in [2.05, 4.69) is 9.98 Å². The Labute approximate surface area is 134 Å². The highest BCUT2D eigenvalue weighted by atomic mass is 35.5. The van der Waals surface area contributed by atoms with Crippen LogP contribution in [-0.4, -0.2) is 16.0 Å². The third-order valence-electron chi connectivity index (χ3n) is 3.68. The molecule has 0 atom stereocenters. The maximum atomic E-state index is 12.4. The van der Waals surface area contributed by atoms with Gasteiger partial charge in [0.15, 0.2) is 5.88 Å². The first-order chi connectivity index (χ1) is 10.6. The second-order valence-electron chi connectivity index (χ2n) is 4.94. The van der Waals surface area contributed by atoms with Crippen LogP contribution >= 0.6 is 23.2 Å². The van der Waals surface area contributed by atoms with Crippen molar-refractivity contribution < 1.29 is 9.90 Å². The quantitative estimate of drug-likeness (QED) is 0.720. The number of aromatic hydroxyl groups is 1. The summed E-state index contributed by atoms with van der Waals surface area (Å²) in [6, 6.07) is 10.3. The molecular weight excluding hydrogens is 323 g/mol. The van der Waals surface area contributed by atoms with E-state index in [1.165, 1.54) is 0 Å². The van der Waals surface area contributed by atoms with Gasteiger partial charge in [-0.05, 0) is 24.3 Å². The Hall–Kier alpha value is -2.30. The van der Waals surface area contributed by atoms with Gasteiger partial charge in [0.1, 0.15) is 0 Å². The van der Waals surface area contributed by atoms with Crippen molar-refractivity contribution in [1.29, 1.82) is 0 Å². The Balaban J connectivity index is 2.24. The van der Waals surface area contributed by atoms with E-state index in [1.807, 2.05) is 0 Å². The molecule has 1 aromatic heterocycles. The van der Waals surface area contributed by atoms with Crippen LogP contribution in [0.2, 0.25) is 10.0 Å². The monoisotopic (exact) mass is 330 g/mol. The normalized spacial score (nSPS) is 13.5. The first-order valence-corrected chi connectivity index (χ1v) is 7.25. The average molecular weight is 331 g/mol. The summed E-state index contributed by atoms with van der Waals surface area (Å²) >= 11 is 12.5. The van der Waals surface area contributed by atoms with E-state index >= 15 is 0 Å². The minimum absolute atomic E-state index is 0.130. The molecule has 6 heteroatoms. The van der Waals surface area contributed by atoms with Crippen LogP contribution in [0.25, 0.3) is 16.5 Å². The highest BCUT2D eigenvalue weighted by Gasteiger charge is 2.27. The summed E-state index contributed by atoms with van der Waals surface area (Å²) < 4.78 is 0. The van der Waals surface area contributed by atoms with E-state index in [-0.39, 0.29) is 11.5 Å². The van der Waals surface area contributed by atoms with E-state index in [4.69, 9.17) is 23.2 Å². The number of aromatic amines is 1. The molecule has 4 nitrogen and oxygen atoms in total. The molecular formula is C16H8Cl2N2O2. The number of hydrogen-bond donors (Lipinski definition) is 2. The van der Waals surface area contributed by atoms with Crippen LogP contribution in [-0.2, 0) is 4.79 Å². The first kappa shape index (κ1) is 13.4. The summed E-state index contributed by atoms with van der Waals surface area (Å²) in [7, 11) is 0. The molecule has 4 rings (SSSR count). The van der Waals surface area contributed by atoms with E-state index < -0.39 is 5.91 Å². The highest BCUT2D eigenvalue weighted by Crippen LogP contribution is 2.37. The molecule has 0 fully saturated rings. The van der Waals surface area contributed by atoms with Gasteiger partial charge in [0, 0.05) is 10.6 Å². The molecule has 0 saturated carbocycles. The molecule has 2 heterocycles. The maximum absolute atomic E-state index is 12.4. The first-order valence-electron chi connectivity index (χ1n) is 6.49. The van der Waals surface area contributed by atoms with Crippen molar-refractivity contribution in [1.82, 2.24) is 4.98 Å². The number of carbonyl (C=O) groups excluding carboxylic acids is 1. The Bertz CT molecular complexity index is 1080. The number of rotatable bonds is 1. The predicted molar refractivity (Wildman–Crippen MR) is 84.7 cm³/mol. The van der Waals surface area contributed by atoms with Crippen LogP contribution in [0.1, 0.15) is 5.56 Å². The lowest BCUT2D eigenvalue weighted by atomic mass is 10.0. The highest BCUT2D eigenvalue weighted by molar-refractivity contribution is 6.38. The summed E-state index contributed by atoms with van der Waals surface area (Å²) in [6.45, 7) is 0. The molecule has 1 aliphatic heterocycles. The summed E-state index contributed by atoms with van der Waals surface area (Å²) in [5, 5.41) is 12.7. The van der Waals surface area contributed by atoms with Crippen LogP contribution in [0, 0.1) is 0 Å². The number of nitrogens with one attached hydrogen (secondary N) is 1. The van der Waals surface area contributed by atoms with Crippen molar-refractivity contribution >= 4 is 45.6 Å². The van der Waals surface area contributed by atoms with Crippen molar-refractivity contribution in [3.05, 3.63) is 62.6 Å². The molecule has 22 heavy (non-hydrogen) atoms. The summed E-state index contributed by atoms with van der Waals surface area (Å²) in [4.78, 5) is 19.2. The molecule has 0 unspecified atom stereocenters. The van der Waals surface area contributed by atoms with Crippen LogP contribution in [0.3, 0.4) is 0 Å². The molecule has 0 spiro atoms. The number of carbonyl (C=O) groups is 1. The van der Waals surface area contributed by atoms with E-state index in [1.54, 1.807) is 36.4 Å². The van der Waals surface area contributed by atoms with Crippen molar-refractivity contribution in [3.63, 3.8) is 0 Å². The van der Waals surface area contributed by atoms with Gasteiger partial charge in [-0.3, -0.25) is 4.79 Å². The zero-order valence-electron chi connectivity index (χ0n) is 11.0. The molecule has 108 valence electrons. The molecule has 1 amide bonds. The van der Waals surface area contributed by atoms with Gasteiger partial charge in [-0.15, -0.1) is 0 Å². The van der Waals surface area contributed by atoms with Gasteiger partial charge in [0.2, 0.25) is 0 Å². The fraction of sp³-hybridized carbons (Fsp3) is 0. The molecule has 2 aromatic carbocycles. The van der Waals surface area contributed by atoms with Gasteiger partial charge in [-0.25, -0.2) is 4.99 Å². The maximum Gasteiger partial charge on any atom is 0.279 e. The van der Waals surface area contributed by atoms with Crippen LogP contribution in [0.15, 0.2) is 41.4 Å². The number of amides is 1. The SMILES string of the molecule is O=C1N=c2cccc(Cl)c2=C1c1c(O)[nH]c2cccc(Cl)c12. The second kappa shape index (κ2) is 4.60. The van der Waals surface area contributed by atoms with E-state index in [0.717, 1.165) is 0 Å². The topological polar surface area (TPSA) is 65.4 Å². The largest absolute Gasteiger partial charge is 0.494 e. The molecule has 2 N–H and O–H groups in total. The van der Waals surface area contributed by atoms with Gasteiger partial charge < -0.3 is 10.1 Å². The lowest BCUT2D eigenvalue weighted by molar-refractivity contribution is -0.112. The van der Waals surface area contributed by atoms with E-state index in [9.17, 15) is 9.90 Å². The van der Waals surface area contributed by atoms with Crippen molar-refractivity contribution in [2.75, 3.05) is 0 Å². The minimum Gasteiger partial charge on any atom is -0.494 e. The Morgan fingerprint density at radius 1 is 1.05 bits per heavy atom. The number of benzene rings is 2. The van der Waals surface area contributed by atoms with Crippen molar-refractivity contribution in [2.45, 2.75) is 0 Å². The molecule has 0 radical (unpaired) electrons. The smallest absolute Gasteiger partial charge is 0.279 e. The minimum atomic E-state index is -0.445. The van der Waals surface area contributed by atoms with Crippen molar-refractivity contribution in [2.24, 2.45) is 4.99 Å². The Morgan fingerprint density at radius 3 is 2.59 bits per heavy atom. The lowest BCUT2D eigenvalue weighted by Gasteiger charge is -2.02. The lowest BCUT2D eigenvalue weighted by Crippen LogP contribution is -2.24. The molecule has 0 aliphatic carbocycles. The average Bonchev–Trinajstić information content (AvgIpc) is 2.96. The Kier molecular flexibility index (Phi) is 2.79. The third kappa shape index (κ3) is 1.71. The summed E-state index contributed by atoms with van der Waals surface area (Å²) in [5.74, 6) is -0.575. The molecule has 1 aliphatic rings. The fourth-order valence-electron chi connectivity index (χ4n) is 2.79. The van der Waals surface area contributed by atoms with Gasteiger partial charge in [-0.1, -0.05) is 35.3 Å². The van der Waals surface area contributed by atoms with Gasteiger partial charge in [0.25, 0.3) is 5.91 Å².